The number of aliphatic hydroxyl groups is 1. The maximum Gasteiger partial charge on any atom is 0.408 e. The molecule has 2 rings (SSSR count). The summed E-state index contributed by atoms with van der Waals surface area (Å²) < 4.78 is 5.19. The largest absolute Gasteiger partial charge is 0.444 e. The Bertz CT molecular complexity index is 986. The Morgan fingerprint density at radius 2 is 1.71 bits per heavy atom. The molecule has 0 spiro atoms. The number of rotatable bonds is 9. The van der Waals surface area contributed by atoms with Gasteiger partial charge in [0.2, 0.25) is 11.8 Å². The Hall–Kier alpha value is -3.39. The number of alkyl carbamates (subject to hydrolysis) is 1. The second-order valence-electron chi connectivity index (χ2n) is 9.13. The van der Waals surface area contributed by atoms with Crippen LogP contribution in [-0.2, 0) is 20.9 Å². The van der Waals surface area contributed by atoms with Crippen LogP contribution in [0, 0.1) is 13.8 Å². The lowest BCUT2D eigenvalue weighted by molar-refractivity contribution is -0.140. The van der Waals surface area contributed by atoms with Crippen molar-refractivity contribution in [2.24, 2.45) is 0 Å². The maximum atomic E-state index is 13.4. The van der Waals surface area contributed by atoms with E-state index in [0.29, 0.717) is 12.1 Å². The number of amides is 3. The van der Waals surface area contributed by atoms with E-state index in [1.54, 1.807) is 20.8 Å². The van der Waals surface area contributed by atoms with Crippen molar-refractivity contribution in [2.75, 3.05) is 19.7 Å². The van der Waals surface area contributed by atoms with Crippen LogP contribution >= 0.6 is 0 Å². The number of aliphatic hydroxyl groups excluding tert-OH is 1. The molecule has 0 saturated heterocycles. The van der Waals surface area contributed by atoms with Gasteiger partial charge < -0.3 is 25.4 Å². The minimum Gasteiger partial charge on any atom is -0.444 e. The molecule has 0 aliphatic rings. The molecule has 0 aromatic heterocycles. The zero-order valence-corrected chi connectivity index (χ0v) is 20.6. The monoisotopic (exact) mass is 469 g/mol. The zero-order chi connectivity index (χ0) is 25.3. The van der Waals surface area contributed by atoms with Crippen LogP contribution in [-0.4, -0.2) is 53.2 Å². The second kappa shape index (κ2) is 12.2. The number of nitrogens with one attached hydrogen (secondary N) is 2. The van der Waals surface area contributed by atoms with Crippen LogP contribution in [0.2, 0.25) is 0 Å². The number of aryl methyl sites for hydroxylation is 2. The van der Waals surface area contributed by atoms with E-state index in [-0.39, 0.29) is 25.6 Å². The quantitative estimate of drug-likeness (QED) is 0.523. The predicted molar refractivity (Wildman–Crippen MR) is 130 cm³/mol. The summed E-state index contributed by atoms with van der Waals surface area (Å²) in [4.78, 5) is 39.9. The van der Waals surface area contributed by atoms with Crippen molar-refractivity contribution >= 4 is 17.9 Å². The SMILES string of the molecule is Cc1ccc(C)c(C(C(=O)NCc2ccccc2)N(CCO)C(=O)CNC(=O)OC(C)(C)C)c1. The average molecular weight is 470 g/mol. The summed E-state index contributed by atoms with van der Waals surface area (Å²) in [6, 6.07) is 14.2. The Morgan fingerprint density at radius 3 is 2.32 bits per heavy atom. The Labute approximate surface area is 201 Å². The molecule has 1 unspecified atom stereocenters. The van der Waals surface area contributed by atoms with Crippen LogP contribution in [0.5, 0.6) is 0 Å². The van der Waals surface area contributed by atoms with Crippen molar-refractivity contribution in [3.05, 3.63) is 70.8 Å². The third kappa shape index (κ3) is 8.19. The summed E-state index contributed by atoms with van der Waals surface area (Å²) >= 11 is 0. The summed E-state index contributed by atoms with van der Waals surface area (Å²) in [6.07, 6.45) is -0.735. The summed E-state index contributed by atoms with van der Waals surface area (Å²) in [5.41, 5.74) is 2.63. The normalized spacial score (nSPS) is 11.9. The van der Waals surface area contributed by atoms with Crippen LogP contribution in [0.15, 0.2) is 48.5 Å². The molecule has 0 fully saturated rings. The molecule has 184 valence electrons. The lowest BCUT2D eigenvalue weighted by Gasteiger charge is -2.32. The Balaban J connectivity index is 2.30. The number of carbonyl (C=O) groups excluding carboxylic acids is 3. The Morgan fingerprint density at radius 1 is 1.03 bits per heavy atom. The van der Waals surface area contributed by atoms with E-state index >= 15 is 0 Å². The highest BCUT2D eigenvalue weighted by molar-refractivity contribution is 5.90. The fourth-order valence-corrected chi connectivity index (χ4v) is 3.46. The van der Waals surface area contributed by atoms with E-state index < -0.39 is 23.6 Å². The highest BCUT2D eigenvalue weighted by Gasteiger charge is 2.32. The van der Waals surface area contributed by atoms with Crippen molar-refractivity contribution in [1.29, 1.82) is 0 Å². The van der Waals surface area contributed by atoms with E-state index in [1.165, 1.54) is 4.90 Å². The number of carbonyl (C=O) groups is 3. The van der Waals surface area contributed by atoms with E-state index in [0.717, 1.165) is 16.7 Å². The summed E-state index contributed by atoms with van der Waals surface area (Å²) in [7, 11) is 0. The lowest BCUT2D eigenvalue weighted by atomic mass is 9.96. The van der Waals surface area contributed by atoms with E-state index in [2.05, 4.69) is 10.6 Å². The van der Waals surface area contributed by atoms with Gasteiger partial charge in [0.25, 0.3) is 0 Å². The minimum absolute atomic E-state index is 0.0777. The molecule has 2 aromatic rings. The van der Waals surface area contributed by atoms with Crippen LogP contribution < -0.4 is 10.6 Å². The van der Waals surface area contributed by atoms with Gasteiger partial charge in [-0.2, -0.15) is 0 Å². The minimum atomic E-state index is -0.983. The molecule has 0 heterocycles. The van der Waals surface area contributed by atoms with Gasteiger partial charge in [0.15, 0.2) is 0 Å². The van der Waals surface area contributed by atoms with Gasteiger partial charge >= 0.3 is 6.09 Å². The molecular formula is C26H35N3O5. The molecule has 0 bridgehead atoms. The van der Waals surface area contributed by atoms with Gasteiger partial charge in [0.1, 0.15) is 18.2 Å². The highest BCUT2D eigenvalue weighted by atomic mass is 16.6. The molecule has 0 radical (unpaired) electrons. The van der Waals surface area contributed by atoms with E-state index in [9.17, 15) is 19.5 Å². The number of hydrogen-bond acceptors (Lipinski definition) is 5. The highest BCUT2D eigenvalue weighted by Crippen LogP contribution is 2.26. The topological polar surface area (TPSA) is 108 Å². The standard InChI is InChI=1S/C26H35N3O5/c1-18-11-12-19(2)21(15-18)23(24(32)27-16-20-9-7-6-8-10-20)29(13-14-30)22(31)17-28-25(33)34-26(3,4)5/h6-12,15,23,30H,13-14,16-17H2,1-5H3,(H,27,32)(H,28,33). The third-order valence-electron chi connectivity index (χ3n) is 5.04. The van der Waals surface area contributed by atoms with Gasteiger partial charge in [-0.25, -0.2) is 4.79 Å². The van der Waals surface area contributed by atoms with Gasteiger partial charge in [-0.3, -0.25) is 9.59 Å². The zero-order valence-electron chi connectivity index (χ0n) is 20.6. The van der Waals surface area contributed by atoms with Gasteiger partial charge in [-0.15, -0.1) is 0 Å². The van der Waals surface area contributed by atoms with Gasteiger partial charge in [0.05, 0.1) is 6.61 Å². The summed E-state index contributed by atoms with van der Waals surface area (Å²) in [5, 5.41) is 15.0. The fraction of sp³-hybridized carbons (Fsp3) is 0.423. The van der Waals surface area contributed by atoms with Gasteiger partial charge in [-0.1, -0.05) is 54.1 Å². The van der Waals surface area contributed by atoms with Crippen molar-refractivity contribution < 1.29 is 24.2 Å². The molecule has 34 heavy (non-hydrogen) atoms. The van der Waals surface area contributed by atoms with Gasteiger partial charge in [-0.05, 0) is 51.3 Å². The molecule has 2 aromatic carbocycles. The van der Waals surface area contributed by atoms with Crippen molar-refractivity contribution in [3.63, 3.8) is 0 Å². The third-order valence-corrected chi connectivity index (χ3v) is 5.04. The van der Waals surface area contributed by atoms with Crippen molar-refractivity contribution in [1.82, 2.24) is 15.5 Å². The fourth-order valence-electron chi connectivity index (χ4n) is 3.46. The van der Waals surface area contributed by atoms with Crippen molar-refractivity contribution in [3.8, 4) is 0 Å². The Kier molecular flexibility index (Phi) is 9.62. The molecule has 3 N–H and O–H groups in total. The summed E-state index contributed by atoms with van der Waals surface area (Å²) in [5.74, 6) is -0.891. The second-order valence-corrected chi connectivity index (χ2v) is 9.13. The molecule has 3 amide bonds. The molecule has 0 saturated carbocycles. The van der Waals surface area contributed by atoms with Gasteiger partial charge in [0, 0.05) is 13.1 Å². The molecule has 8 heteroatoms. The molecule has 0 aliphatic carbocycles. The number of ether oxygens (including phenoxy) is 1. The lowest BCUT2D eigenvalue weighted by Crippen LogP contribution is -2.48. The first-order chi connectivity index (χ1) is 16.0. The first-order valence-corrected chi connectivity index (χ1v) is 11.3. The maximum absolute atomic E-state index is 13.4. The molecule has 1 atom stereocenters. The number of benzene rings is 2. The average Bonchev–Trinajstić information content (AvgIpc) is 2.77. The predicted octanol–water partition coefficient (Wildman–Crippen LogP) is 3.01. The van der Waals surface area contributed by atoms with Crippen LogP contribution in [0.3, 0.4) is 0 Å². The molecule has 0 aliphatic heterocycles. The number of nitrogens with zero attached hydrogens (tertiary/aromatic N) is 1. The van der Waals surface area contributed by atoms with Crippen LogP contribution in [0.25, 0.3) is 0 Å². The molecule has 8 nitrogen and oxygen atoms in total. The van der Waals surface area contributed by atoms with E-state index in [1.807, 2.05) is 62.4 Å². The summed E-state index contributed by atoms with van der Waals surface area (Å²) in [6.45, 7) is 8.44. The molecular weight excluding hydrogens is 434 g/mol. The van der Waals surface area contributed by atoms with Crippen LogP contribution in [0.1, 0.15) is 49.1 Å². The smallest absolute Gasteiger partial charge is 0.408 e. The number of hydrogen-bond donors (Lipinski definition) is 3. The first kappa shape index (κ1) is 26.9. The van der Waals surface area contributed by atoms with Crippen LogP contribution in [0.4, 0.5) is 4.79 Å². The van der Waals surface area contributed by atoms with Crippen molar-refractivity contribution in [2.45, 2.75) is 52.8 Å². The van der Waals surface area contributed by atoms with E-state index in [4.69, 9.17) is 4.74 Å². The first-order valence-electron chi connectivity index (χ1n) is 11.3.